The molecule has 117 valence electrons. The molecule has 1 atom stereocenters. The van der Waals surface area contributed by atoms with Gasteiger partial charge in [-0.25, -0.2) is 9.97 Å². The molecule has 0 fully saturated rings. The third-order valence-electron chi connectivity index (χ3n) is 3.78. The van der Waals surface area contributed by atoms with Crippen molar-refractivity contribution in [3.63, 3.8) is 0 Å². The van der Waals surface area contributed by atoms with Crippen molar-refractivity contribution in [1.29, 1.82) is 0 Å². The van der Waals surface area contributed by atoms with Gasteiger partial charge in [0.15, 0.2) is 5.65 Å². The highest BCUT2D eigenvalue weighted by Gasteiger charge is 2.30. The summed E-state index contributed by atoms with van der Waals surface area (Å²) < 4.78 is 37.6. The summed E-state index contributed by atoms with van der Waals surface area (Å²) in [7, 11) is 0. The maximum atomic E-state index is 12.7. The van der Waals surface area contributed by atoms with Crippen LogP contribution in [-0.4, -0.2) is 27.6 Å². The molecular formula is C16H12F2N3O2. The van der Waals surface area contributed by atoms with E-state index in [1.54, 1.807) is 30.6 Å². The van der Waals surface area contributed by atoms with Gasteiger partial charge in [-0.1, -0.05) is 18.2 Å². The minimum atomic E-state index is -2.89. The van der Waals surface area contributed by atoms with E-state index in [2.05, 4.69) is 20.9 Å². The molecule has 23 heavy (non-hydrogen) atoms. The fourth-order valence-corrected chi connectivity index (χ4v) is 2.88. The van der Waals surface area contributed by atoms with E-state index in [4.69, 9.17) is 4.74 Å². The number of rotatable bonds is 3. The maximum Gasteiger partial charge on any atom is 0.387 e. The summed E-state index contributed by atoms with van der Waals surface area (Å²) in [4.78, 5) is 8.47. The van der Waals surface area contributed by atoms with Crippen LogP contribution in [0.5, 0.6) is 5.75 Å². The molecule has 0 spiro atoms. The molecule has 2 aromatic heterocycles. The number of alkyl halides is 2. The van der Waals surface area contributed by atoms with Crippen LogP contribution in [0.2, 0.25) is 0 Å². The van der Waals surface area contributed by atoms with Crippen LogP contribution in [0.4, 0.5) is 8.78 Å². The smallest absolute Gasteiger partial charge is 0.387 e. The number of para-hydroxylation sites is 1. The fourth-order valence-electron chi connectivity index (χ4n) is 2.88. The number of imidazole rings is 1. The Hall–Kier alpha value is -2.54. The van der Waals surface area contributed by atoms with Gasteiger partial charge in [0.2, 0.25) is 0 Å². The number of halogens is 2. The van der Waals surface area contributed by atoms with Gasteiger partial charge in [0, 0.05) is 18.2 Å². The zero-order valence-electron chi connectivity index (χ0n) is 11.9. The summed E-state index contributed by atoms with van der Waals surface area (Å²) in [6.07, 6.45) is 6.16. The Morgan fingerprint density at radius 2 is 2.22 bits per heavy atom. The monoisotopic (exact) mass is 316 g/mol. The summed E-state index contributed by atoms with van der Waals surface area (Å²) in [5.41, 5.74) is 2.90. The lowest BCUT2D eigenvalue weighted by molar-refractivity contribution is -0.0522. The van der Waals surface area contributed by atoms with Gasteiger partial charge >= 0.3 is 6.61 Å². The molecule has 3 aromatic rings. The SMILES string of the molecule is FC(F)Oc1ccccc1C1OCCc2nc3cn[c]cn3c21. The maximum absolute atomic E-state index is 12.7. The molecule has 0 N–H and O–H groups in total. The molecule has 7 heteroatoms. The number of hydrogen-bond acceptors (Lipinski definition) is 4. The van der Waals surface area contributed by atoms with Crippen LogP contribution in [0.15, 0.2) is 36.7 Å². The first-order valence-corrected chi connectivity index (χ1v) is 7.12. The molecular weight excluding hydrogens is 304 g/mol. The zero-order chi connectivity index (χ0) is 15.8. The van der Waals surface area contributed by atoms with Crippen LogP contribution in [-0.2, 0) is 11.2 Å². The van der Waals surface area contributed by atoms with Crippen molar-refractivity contribution in [2.45, 2.75) is 19.1 Å². The lowest BCUT2D eigenvalue weighted by Gasteiger charge is -2.25. The standard InChI is InChI=1S/C16H12F2N3O2/c17-16(18)23-12-4-2-1-3-10(12)15-14-11(5-8-22-15)20-13-9-19-6-7-21(13)14/h1-4,7,9,15-16H,5,8H2. The first-order valence-electron chi connectivity index (χ1n) is 7.12. The lowest BCUT2D eigenvalue weighted by atomic mass is 10.0. The van der Waals surface area contributed by atoms with E-state index in [0.29, 0.717) is 24.2 Å². The van der Waals surface area contributed by atoms with Crippen LogP contribution in [0, 0.1) is 6.20 Å². The summed E-state index contributed by atoms with van der Waals surface area (Å²) in [6, 6.07) is 6.65. The topological polar surface area (TPSA) is 48.7 Å². The number of hydrogen-bond donors (Lipinski definition) is 0. The highest BCUT2D eigenvalue weighted by molar-refractivity contribution is 5.47. The average Bonchev–Trinajstić information content (AvgIpc) is 2.93. The van der Waals surface area contributed by atoms with Gasteiger partial charge in [-0.3, -0.25) is 4.40 Å². The summed E-state index contributed by atoms with van der Waals surface area (Å²) in [6.45, 7) is -2.43. The van der Waals surface area contributed by atoms with Crippen molar-refractivity contribution in [3.05, 3.63) is 59.8 Å². The molecule has 0 amide bonds. The number of fused-ring (bicyclic) bond motifs is 3. The van der Waals surface area contributed by atoms with Crippen molar-refractivity contribution < 1.29 is 18.3 Å². The van der Waals surface area contributed by atoms with E-state index in [0.717, 1.165) is 11.4 Å². The van der Waals surface area contributed by atoms with Crippen LogP contribution < -0.4 is 4.74 Å². The van der Waals surface area contributed by atoms with Gasteiger partial charge in [0.1, 0.15) is 18.1 Å². The Labute approximate surface area is 130 Å². The van der Waals surface area contributed by atoms with Gasteiger partial charge in [0.05, 0.1) is 24.2 Å². The predicted octanol–water partition coefficient (Wildman–Crippen LogP) is 2.79. The van der Waals surface area contributed by atoms with Crippen molar-refractivity contribution in [2.24, 2.45) is 0 Å². The van der Waals surface area contributed by atoms with Crippen LogP contribution in [0.1, 0.15) is 23.1 Å². The van der Waals surface area contributed by atoms with Gasteiger partial charge < -0.3 is 9.47 Å². The van der Waals surface area contributed by atoms with E-state index >= 15 is 0 Å². The fraction of sp³-hybridized carbons (Fsp3) is 0.250. The molecule has 1 aromatic carbocycles. The third kappa shape index (κ3) is 2.43. The second-order valence-electron chi connectivity index (χ2n) is 5.11. The molecule has 0 saturated carbocycles. The molecule has 0 aliphatic carbocycles. The summed E-state index contributed by atoms with van der Waals surface area (Å²) >= 11 is 0. The second kappa shape index (κ2) is 5.58. The first kappa shape index (κ1) is 14.1. The summed E-state index contributed by atoms with van der Waals surface area (Å²) in [5, 5.41) is 0. The Morgan fingerprint density at radius 1 is 1.35 bits per heavy atom. The van der Waals surface area contributed by atoms with Gasteiger partial charge in [-0.15, -0.1) is 0 Å². The molecule has 4 rings (SSSR count). The third-order valence-corrected chi connectivity index (χ3v) is 3.78. The first-order chi connectivity index (χ1) is 11.2. The van der Waals surface area contributed by atoms with Crippen molar-refractivity contribution in [3.8, 4) is 5.75 Å². The largest absolute Gasteiger partial charge is 0.434 e. The Kier molecular flexibility index (Phi) is 3.42. The Balaban J connectivity index is 1.87. The van der Waals surface area contributed by atoms with Gasteiger partial charge in [-0.2, -0.15) is 8.78 Å². The van der Waals surface area contributed by atoms with E-state index in [9.17, 15) is 8.78 Å². The van der Waals surface area contributed by atoms with Crippen LogP contribution in [0.25, 0.3) is 5.65 Å². The lowest BCUT2D eigenvalue weighted by Crippen LogP contribution is -2.19. The molecule has 1 aliphatic heterocycles. The molecule has 0 bridgehead atoms. The second-order valence-corrected chi connectivity index (χ2v) is 5.11. The molecule has 5 nitrogen and oxygen atoms in total. The quantitative estimate of drug-likeness (QED) is 0.745. The van der Waals surface area contributed by atoms with Crippen molar-refractivity contribution in [2.75, 3.05) is 6.61 Å². The molecule has 1 aliphatic rings. The minimum absolute atomic E-state index is 0.105. The van der Waals surface area contributed by atoms with Gasteiger partial charge in [0.25, 0.3) is 0 Å². The highest BCUT2D eigenvalue weighted by atomic mass is 19.3. The molecule has 0 saturated heterocycles. The van der Waals surface area contributed by atoms with E-state index < -0.39 is 12.7 Å². The molecule has 1 radical (unpaired) electrons. The van der Waals surface area contributed by atoms with Crippen molar-refractivity contribution in [1.82, 2.24) is 14.4 Å². The minimum Gasteiger partial charge on any atom is -0.434 e. The Morgan fingerprint density at radius 3 is 3.09 bits per heavy atom. The average molecular weight is 316 g/mol. The number of aromatic nitrogens is 3. The van der Waals surface area contributed by atoms with Crippen molar-refractivity contribution >= 4 is 5.65 Å². The Bertz CT molecular complexity index is 850. The van der Waals surface area contributed by atoms with E-state index in [1.807, 2.05) is 4.40 Å². The predicted molar refractivity (Wildman–Crippen MR) is 76.4 cm³/mol. The highest BCUT2D eigenvalue weighted by Crippen LogP contribution is 2.37. The van der Waals surface area contributed by atoms with Crippen LogP contribution in [0.3, 0.4) is 0 Å². The molecule has 3 heterocycles. The van der Waals surface area contributed by atoms with Gasteiger partial charge in [-0.05, 0) is 6.07 Å². The number of benzene rings is 1. The number of ether oxygens (including phenoxy) is 2. The van der Waals surface area contributed by atoms with E-state index in [-0.39, 0.29) is 5.75 Å². The number of nitrogens with zero attached hydrogens (tertiary/aromatic N) is 3. The van der Waals surface area contributed by atoms with Crippen LogP contribution >= 0.6 is 0 Å². The van der Waals surface area contributed by atoms with E-state index in [1.165, 1.54) is 6.07 Å². The normalized spacial score (nSPS) is 17.4. The molecule has 1 unspecified atom stereocenters. The zero-order valence-corrected chi connectivity index (χ0v) is 11.9. The summed E-state index contributed by atoms with van der Waals surface area (Å²) in [5.74, 6) is 0.105.